The van der Waals surface area contributed by atoms with E-state index in [4.69, 9.17) is 4.74 Å². The number of aryl methyl sites for hydroxylation is 1. The van der Waals surface area contributed by atoms with Crippen LogP contribution >= 0.6 is 0 Å². The molecule has 1 saturated carbocycles. The molecular formula is C12H17FO. The summed E-state index contributed by atoms with van der Waals surface area (Å²) in [6, 6.07) is 4.80. The van der Waals surface area contributed by atoms with Crippen LogP contribution in [0.25, 0.3) is 0 Å². The molecule has 0 saturated heterocycles. The van der Waals surface area contributed by atoms with Crippen LogP contribution in [-0.2, 0) is 0 Å². The van der Waals surface area contributed by atoms with Crippen molar-refractivity contribution >= 4 is 0 Å². The highest BCUT2D eigenvalue weighted by molar-refractivity contribution is 5.29. The molecule has 14 heavy (non-hydrogen) atoms. The molecule has 0 N–H and O–H groups in total. The van der Waals surface area contributed by atoms with Gasteiger partial charge in [0.15, 0.2) is 0 Å². The lowest BCUT2D eigenvalue weighted by Crippen LogP contribution is -1.96. The minimum atomic E-state index is -0.217. The second kappa shape index (κ2) is 4.99. The first-order valence-electron chi connectivity index (χ1n) is 5.18. The van der Waals surface area contributed by atoms with Crippen LogP contribution in [0.4, 0.5) is 4.39 Å². The molecule has 0 bridgehead atoms. The minimum absolute atomic E-state index is 0.217. The van der Waals surface area contributed by atoms with Crippen molar-refractivity contribution in [2.45, 2.75) is 39.7 Å². The Bertz CT molecular complexity index is 272. The molecule has 0 unspecified atom stereocenters. The van der Waals surface area contributed by atoms with E-state index in [1.54, 1.807) is 0 Å². The molecule has 0 radical (unpaired) electrons. The van der Waals surface area contributed by atoms with Crippen LogP contribution in [0.1, 0.15) is 32.3 Å². The van der Waals surface area contributed by atoms with Gasteiger partial charge in [0, 0.05) is 6.07 Å². The Morgan fingerprint density at radius 2 is 1.86 bits per heavy atom. The average molecular weight is 196 g/mol. The van der Waals surface area contributed by atoms with Gasteiger partial charge in [-0.25, -0.2) is 4.39 Å². The van der Waals surface area contributed by atoms with Gasteiger partial charge in [0.1, 0.15) is 11.6 Å². The van der Waals surface area contributed by atoms with E-state index in [0.717, 1.165) is 18.4 Å². The third-order valence-electron chi connectivity index (χ3n) is 1.84. The first-order valence-corrected chi connectivity index (χ1v) is 5.18. The Labute approximate surface area is 84.9 Å². The van der Waals surface area contributed by atoms with Gasteiger partial charge in [0.05, 0.1) is 6.10 Å². The molecule has 2 heteroatoms. The lowest BCUT2D eigenvalue weighted by Gasteiger charge is -2.04. The highest BCUT2D eigenvalue weighted by Crippen LogP contribution is 2.27. The predicted octanol–water partition coefficient (Wildman–Crippen LogP) is 3.70. The topological polar surface area (TPSA) is 9.23 Å². The molecule has 0 aliphatic heterocycles. The fourth-order valence-corrected chi connectivity index (χ4v) is 1.15. The van der Waals surface area contributed by atoms with Gasteiger partial charge in [-0.15, -0.1) is 0 Å². The summed E-state index contributed by atoms with van der Waals surface area (Å²) in [7, 11) is 0. The molecule has 1 aliphatic rings. The van der Waals surface area contributed by atoms with Gasteiger partial charge in [-0.1, -0.05) is 13.8 Å². The Balaban J connectivity index is 0.000000461. The van der Waals surface area contributed by atoms with Crippen LogP contribution in [0.3, 0.4) is 0 Å². The van der Waals surface area contributed by atoms with Crippen molar-refractivity contribution in [2.24, 2.45) is 0 Å². The maximum absolute atomic E-state index is 12.8. The first-order chi connectivity index (χ1) is 6.74. The number of hydrogen-bond acceptors (Lipinski definition) is 1. The van der Waals surface area contributed by atoms with Crippen molar-refractivity contribution in [2.75, 3.05) is 0 Å². The van der Waals surface area contributed by atoms with Gasteiger partial charge in [0.2, 0.25) is 0 Å². The molecule has 78 valence electrons. The third-order valence-corrected chi connectivity index (χ3v) is 1.84. The normalized spacial score (nSPS) is 14.3. The van der Waals surface area contributed by atoms with Crippen LogP contribution in [0.2, 0.25) is 0 Å². The Kier molecular flexibility index (Phi) is 3.93. The second-order valence-electron chi connectivity index (χ2n) is 3.28. The van der Waals surface area contributed by atoms with Gasteiger partial charge in [-0.3, -0.25) is 0 Å². The summed E-state index contributed by atoms with van der Waals surface area (Å²) < 4.78 is 18.3. The highest BCUT2D eigenvalue weighted by Gasteiger charge is 2.23. The third kappa shape index (κ3) is 3.36. The fraction of sp³-hybridized carbons (Fsp3) is 0.500. The van der Waals surface area contributed by atoms with Gasteiger partial charge in [-0.2, -0.15) is 0 Å². The van der Waals surface area contributed by atoms with Crippen LogP contribution in [0.5, 0.6) is 5.75 Å². The van der Waals surface area contributed by atoms with Crippen LogP contribution in [-0.4, -0.2) is 6.10 Å². The van der Waals surface area contributed by atoms with Crippen molar-refractivity contribution in [3.05, 3.63) is 29.6 Å². The van der Waals surface area contributed by atoms with E-state index in [-0.39, 0.29) is 5.82 Å². The van der Waals surface area contributed by atoms with E-state index in [9.17, 15) is 4.39 Å². The van der Waals surface area contributed by atoms with Crippen molar-refractivity contribution in [3.8, 4) is 5.75 Å². The number of halogens is 1. The van der Waals surface area contributed by atoms with E-state index >= 15 is 0 Å². The molecule has 0 atom stereocenters. The summed E-state index contributed by atoms with van der Waals surface area (Å²) in [4.78, 5) is 0. The molecule has 0 aromatic heterocycles. The summed E-state index contributed by atoms with van der Waals surface area (Å²) in [5.74, 6) is 0.445. The van der Waals surface area contributed by atoms with E-state index in [2.05, 4.69) is 0 Å². The molecule has 1 fully saturated rings. The van der Waals surface area contributed by atoms with E-state index in [1.807, 2.05) is 26.8 Å². The smallest absolute Gasteiger partial charge is 0.127 e. The number of rotatable bonds is 2. The van der Waals surface area contributed by atoms with Crippen molar-refractivity contribution in [1.29, 1.82) is 0 Å². The molecule has 0 amide bonds. The zero-order valence-electron chi connectivity index (χ0n) is 9.01. The predicted molar refractivity (Wildman–Crippen MR) is 56.1 cm³/mol. The van der Waals surface area contributed by atoms with E-state index in [1.165, 1.54) is 12.1 Å². The van der Waals surface area contributed by atoms with Gasteiger partial charge in [0.25, 0.3) is 0 Å². The number of hydrogen-bond donors (Lipinski definition) is 0. The van der Waals surface area contributed by atoms with Gasteiger partial charge in [-0.05, 0) is 37.5 Å². The minimum Gasteiger partial charge on any atom is -0.490 e. The first kappa shape index (κ1) is 11.0. The van der Waals surface area contributed by atoms with Crippen molar-refractivity contribution in [1.82, 2.24) is 0 Å². The standard InChI is InChI=1S/C10H11FO.C2H6/c1-7-4-8(11)6-10(5-7)12-9-2-3-9;1-2/h4-6,9H,2-3H2,1H3;1-2H3. The molecule has 1 aromatic rings. The van der Waals surface area contributed by atoms with Crippen molar-refractivity contribution < 1.29 is 9.13 Å². The number of ether oxygens (including phenoxy) is 1. The Hall–Kier alpha value is -1.05. The second-order valence-corrected chi connectivity index (χ2v) is 3.28. The molecule has 0 spiro atoms. The van der Waals surface area contributed by atoms with Crippen LogP contribution in [0.15, 0.2) is 18.2 Å². The highest BCUT2D eigenvalue weighted by atomic mass is 19.1. The summed E-state index contributed by atoms with van der Waals surface area (Å²) in [5, 5.41) is 0. The molecular weight excluding hydrogens is 179 g/mol. The summed E-state index contributed by atoms with van der Waals surface area (Å²) in [6.45, 7) is 5.86. The molecule has 1 aromatic carbocycles. The summed E-state index contributed by atoms with van der Waals surface area (Å²) >= 11 is 0. The fourth-order valence-electron chi connectivity index (χ4n) is 1.15. The molecule has 1 aliphatic carbocycles. The van der Waals surface area contributed by atoms with Crippen molar-refractivity contribution in [3.63, 3.8) is 0 Å². The lowest BCUT2D eigenvalue weighted by atomic mass is 10.2. The molecule has 0 heterocycles. The van der Waals surface area contributed by atoms with Gasteiger partial charge < -0.3 is 4.74 Å². The van der Waals surface area contributed by atoms with Crippen LogP contribution < -0.4 is 4.74 Å². The van der Waals surface area contributed by atoms with Crippen LogP contribution in [0, 0.1) is 12.7 Å². The average Bonchev–Trinajstić information content (AvgIpc) is 2.90. The SMILES string of the molecule is CC.Cc1cc(F)cc(OC2CC2)c1. The maximum atomic E-state index is 12.8. The van der Waals surface area contributed by atoms with E-state index < -0.39 is 0 Å². The van der Waals surface area contributed by atoms with Gasteiger partial charge >= 0.3 is 0 Å². The van der Waals surface area contributed by atoms with E-state index in [0.29, 0.717) is 11.9 Å². The lowest BCUT2D eigenvalue weighted by molar-refractivity contribution is 0.301. The number of benzene rings is 1. The largest absolute Gasteiger partial charge is 0.490 e. The summed E-state index contributed by atoms with van der Waals surface area (Å²) in [6.07, 6.45) is 2.55. The quantitative estimate of drug-likeness (QED) is 0.700. The molecule has 2 rings (SSSR count). The zero-order valence-corrected chi connectivity index (χ0v) is 9.01. The summed E-state index contributed by atoms with van der Waals surface area (Å²) in [5.41, 5.74) is 0.908. The Morgan fingerprint density at radius 3 is 2.36 bits per heavy atom. The molecule has 1 nitrogen and oxygen atoms in total. The monoisotopic (exact) mass is 196 g/mol. The zero-order chi connectivity index (χ0) is 10.6. The maximum Gasteiger partial charge on any atom is 0.127 e. The Morgan fingerprint density at radius 1 is 1.21 bits per heavy atom.